The van der Waals surface area contributed by atoms with Crippen LogP contribution in [0.3, 0.4) is 0 Å². The molecule has 0 saturated carbocycles. The SMILES string of the molecule is CCCNCc1cnc(N2CCC(COC)C2)s1. The summed E-state index contributed by atoms with van der Waals surface area (Å²) in [5.74, 6) is 0.667. The zero-order valence-electron chi connectivity index (χ0n) is 11.3. The van der Waals surface area contributed by atoms with Gasteiger partial charge in [-0.2, -0.15) is 0 Å². The Labute approximate surface area is 113 Å². The number of rotatable bonds is 7. The minimum Gasteiger partial charge on any atom is -0.384 e. The predicted octanol–water partition coefficient (Wildman–Crippen LogP) is 2.12. The van der Waals surface area contributed by atoms with E-state index in [1.807, 2.05) is 17.5 Å². The lowest BCUT2D eigenvalue weighted by molar-refractivity contribution is 0.161. The van der Waals surface area contributed by atoms with Crippen molar-refractivity contribution in [3.8, 4) is 0 Å². The summed E-state index contributed by atoms with van der Waals surface area (Å²) in [6, 6.07) is 0. The van der Waals surface area contributed by atoms with Crippen LogP contribution < -0.4 is 10.2 Å². The highest BCUT2D eigenvalue weighted by atomic mass is 32.1. The van der Waals surface area contributed by atoms with Crippen molar-refractivity contribution in [2.24, 2.45) is 5.92 Å². The molecule has 5 heteroatoms. The Bertz CT molecular complexity index is 356. The van der Waals surface area contributed by atoms with E-state index in [2.05, 4.69) is 22.1 Å². The number of methoxy groups -OCH3 is 1. The Morgan fingerprint density at radius 1 is 1.61 bits per heavy atom. The molecular formula is C13H23N3OS. The summed E-state index contributed by atoms with van der Waals surface area (Å²) < 4.78 is 5.23. The fraction of sp³-hybridized carbons (Fsp3) is 0.769. The first-order chi connectivity index (χ1) is 8.83. The first-order valence-corrected chi connectivity index (χ1v) is 7.54. The Morgan fingerprint density at radius 2 is 2.50 bits per heavy atom. The van der Waals surface area contributed by atoms with Crippen LogP contribution in [0, 0.1) is 5.92 Å². The van der Waals surface area contributed by atoms with Gasteiger partial charge in [0.15, 0.2) is 5.13 Å². The summed E-state index contributed by atoms with van der Waals surface area (Å²) in [6.07, 6.45) is 4.40. The quantitative estimate of drug-likeness (QED) is 0.769. The van der Waals surface area contributed by atoms with E-state index < -0.39 is 0 Å². The van der Waals surface area contributed by atoms with Crippen LogP contribution in [-0.2, 0) is 11.3 Å². The number of hydrogen-bond acceptors (Lipinski definition) is 5. The molecule has 2 rings (SSSR count). The molecule has 1 aromatic heterocycles. The molecule has 0 radical (unpaired) electrons. The van der Waals surface area contributed by atoms with E-state index in [0.29, 0.717) is 5.92 Å². The first-order valence-electron chi connectivity index (χ1n) is 6.72. The van der Waals surface area contributed by atoms with Crippen LogP contribution in [0.2, 0.25) is 0 Å². The van der Waals surface area contributed by atoms with Gasteiger partial charge in [0.25, 0.3) is 0 Å². The average Bonchev–Trinajstić information content (AvgIpc) is 2.98. The molecule has 4 nitrogen and oxygen atoms in total. The molecule has 18 heavy (non-hydrogen) atoms. The fourth-order valence-electron chi connectivity index (χ4n) is 2.29. The number of anilines is 1. The summed E-state index contributed by atoms with van der Waals surface area (Å²) in [5.41, 5.74) is 0. The highest BCUT2D eigenvalue weighted by Crippen LogP contribution is 2.28. The van der Waals surface area contributed by atoms with Crippen LogP contribution in [-0.4, -0.2) is 38.3 Å². The normalized spacial score (nSPS) is 19.7. The topological polar surface area (TPSA) is 37.4 Å². The molecule has 102 valence electrons. The van der Waals surface area contributed by atoms with Gasteiger partial charge in [0.1, 0.15) is 0 Å². The van der Waals surface area contributed by atoms with Gasteiger partial charge in [-0.1, -0.05) is 6.92 Å². The maximum absolute atomic E-state index is 5.23. The van der Waals surface area contributed by atoms with Crippen LogP contribution in [0.1, 0.15) is 24.6 Å². The maximum Gasteiger partial charge on any atom is 0.185 e. The van der Waals surface area contributed by atoms with Crippen LogP contribution in [0.5, 0.6) is 0 Å². The van der Waals surface area contributed by atoms with E-state index in [4.69, 9.17) is 4.74 Å². The molecule has 1 N–H and O–H groups in total. The van der Waals surface area contributed by atoms with Gasteiger partial charge in [0, 0.05) is 43.7 Å². The number of nitrogens with zero attached hydrogens (tertiary/aromatic N) is 2. The zero-order valence-corrected chi connectivity index (χ0v) is 12.1. The van der Waals surface area contributed by atoms with Gasteiger partial charge < -0.3 is 15.0 Å². The van der Waals surface area contributed by atoms with E-state index in [1.165, 1.54) is 22.9 Å². The molecular weight excluding hydrogens is 246 g/mol. The third-order valence-corrected chi connectivity index (χ3v) is 4.28. The monoisotopic (exact) mass is 269 g/mol. The van der Waals surface area contributed by atoms with Crippen molar-refractivity contribution >= 4 is 16.5 Å². The maximum atomic E-state index is 5.23. The van der Waals surface area contributed by atoms with Gasteiger partial charge in [-0.15, -0.1) is 11.3 Å². The fourth-order valence-corrected chi connectivity index (χ4v) is 3.21. The van der Waals surface area contributed by atoms with Crippen molar-refractivity contribution in [3.63, 3.8) is 0 Å². The zero-order chi connectivity index (χ0) is 12.8. The van der Waals surface area contributed by atoms with Crippen LogP contribution in [0.4, 0.5) is 5.13 Å². The second-order valence-corrected chi connectivity index (χ2v) is 5.94. The molecule has 0 aliphatic carbocycles. The van der Waals surface area contributed by atoms with Crippen molar-refractivity contribution < 1.29 is 4.74 Å². The summed E-state index contributed by atoms with van der Waals surface area (Å²) in [4.78, 5) is 8.25. The molecule has 1 fully saturated rings. The molecule has 1 aliphatic heterocycles. The molecule has 1 atom stereocenters. The molecule has 1 aliphatic rings. The van der Waals surface area contributed by atoms with E-state index in [0.717, 1.165) is 32.8 Å². The van der Waals surface area contributed by atoms with Gasteiger partial charge in [-0.3, -0.25) is 0 Å². The van der Waals surface area contributed by atoms with Gasteiger partial charge in [0.2, 0.25) is 0 Å². The lowest BCUT2D eigenvalue weighted by Crippen LogP contribution is -2.20. The molecule has 0 bridgehead atoms. The van der Waals surface area contributed by atoms with Crippen LogP contribution in [0.25, 0.3) is 0 Å². The summed E-state index contributed by atoms with van der Waals surface area (Å²) in [6.45, 7) is 7.28. The molecule has 1 aromatic rings. The van der Waals surface area contributed by atoms with Gasteiger partial charge in [0.05, 0.1) is 6.61 Å². The van der Waals surface area contributed by atoms with E-state index >= 15 is 0 Å². The van der Waals surface area contributed by atoms with Crippen molar-refractivity contribution in [2.75, 3.05) is 38.3 Å². The second kappa shape index (κ2) is 7.07. The van der Waals surface area contributed by atoms with Gasteiger partial charge in [-0.25, -0.2) is 4.98 Å². The lowest BCUT2D eigenvalue weighted by atomic mass is 10.1. The Balaban J connectivity index is 1.83. The minimum atomic E-state index is 0.667. The largest absolute Gasteiger partial charge is 0.384 e. The van der Waals surface area contributed by atoms with Crippen LogP contribution >= 0.6 is 11.3 Å². The average molecular weight is 269 g/mol. The summed E-state index contributed by atoms with van der Waals surface area (Å²) >= 11 is 1.81. The number of ether oxygens (including phenoxy) is 1. The number of nitrogens with one attached hydrogen (secondary N) is 1. The molecule has 2 heterocycles. The minimum absolute atomic E-state index is 0.667. The lowest BCUT2D eigenvalue weighted by Gasteiger charge is -2.14. The molecule has 0 spiro atoms. The third-order valence-electron chi connectivity index (χ3n) is 3.23. The van der Waals surface area contributed by atoms with Gasteiger partial charge >= 0.3 is 0 Å². The van der Waals surface area contributed by atoms with E-state index in [1.54, 1.807) is 7.11 Å². The molecule has 0 aromatic carbocycles. The molecule has 1 unspecified atom stereocenters. The van der Waals surface area contributed by atoms with Crippen LogP contribution in [0.15, 0.2) is 6.20 Å². The van der Waals surface area contributed by atoms with Crippen molar-refractivity contribution in [2.45, 2.75) is 26.3 Å². The first kappa shape index (κ1) is 13.8. The predicted molar refractivity (Wildman–Crippen MR) is 76.3 cm³/mol. The Kier molecular flexibility index (Phi) is 5.41. The van der Waals surface area contributed by atoms with Gasteiger partial charge in [-0.05, 0) is 19.4 Å². The number of hydrogen-bond donors (Lipinski definition) is 1. The summed E-state index contributed by atoms with van der Waals surface area (Å²) in [5, 5.41) is 4.58. The molecule has 0 amide bonds. The molecule has 1 saturated heterocycles. The van der Waals surface area contributed by atoms with Crippen molar-refractivity contribution in [3.05, 3.63) is 11.1 Å². The summed E-state index contributed by atoms with van der Waals surface area (Å²) in [7, 11) is 1.78. The smallest absolute Gasteiger partial charge is 0.185 e. The Morgan fingerprint density at radius 3 is 3.28 bits per heavy atom. The number of aromatic nitrogens is 1. The van der Waals surface area contributed by atoms with E-state index in [9.17, 15) is 0 Å². The number of thiazole rings is 1. The van der Waals surface area contributed by atoms with Crippen molar-refractivity contribution in [1.29, 1.82) is 0 Å². The third kappa shape index (κ3) is 3.67. The van der Waals surface area contributed by atoms with E-state index in [-0.39, 0.29) is 0 Å². The van der Waals surface area contributed by atoms with Crippen molar-refractivity contribution in [1.82, 2.24) is 10.3 Å². The Hall–Kier alpha value is -0.650. The second-order valence-electron chi connectivity index (χ2n) is 4.84. The highest BCUT2D eigenvalue weighted by Gasteiger charge is 2.24. The standard InChI is InChI=1S/C13H23N3OS/c1-3-5-14-7-12-8-15-13(18-12)16-6-4-11(9-16)10-17-2/h8,11,14H,3-7,9-10H2,1-2H3. The highest BCUT2D eigenvalue weighted by molar-refractivity contribution is 7.15.